The molecule has 0 aromatic heterocycles. The highest BCUT2D eigenvalue weighted by molar-refractivity contribution is 6.04. The molecule has 1 rings (SSSR count). The number of hydrogen-bond donors (Lipinski definition) is 8. The second kappa shape index (κ2) is 19.0. The first-order chi connectivity index (χ1) is 19.9. The van der Waals surface area contributed by atoms with Crippen molar-refractivity contribution in [2.45, 2.75) is 82.2 Å². The Morgan fingerprint density at radius 1 is 0.929 bits per heavy atom. The van der Waals surface area contributed by atoms with Gasteiger partial charge in [0, 0.05) is 25.9 Å². The second-order valence-electron chi connectivity index (χ2n) is 10.1. The van der Waals surface area contributed by atoms with Crippen LogP contribution in [0.25, 0.3) is 0 Å². The Labute approximate surface area is 246 Å². The molecule has 234 valence electrons. The number of hydrogen-bond acceptors (Lipinski definition) is 8. The number of guanidine groups is 2. The Morgan fingerprint density at radius 2 is 1.48 bits per heavy atom. The van der Waals surface area contributed by atoms with Gasteiger partial charge in [-0.05, 0) is 31.2 Å². The molecule has 1 aromatic rings. The molecule has 0 radical (unpaired) electrons. The lowest BCUT2D eigenvalue weighted by Crippen LogP contribution is -2.64. The number of nitrogens with zero attached hydrogens (tertiary/aromatic N) is 1. The number of benzene rings is 1. The Kier molecular flexibility index (Phi) is 16.2. The maximum Gasteiger partial charge on any atom is 0.332 e. The van der Waals surface area contributed by atoms with E-state index >= 15 is 0 Å². The van der Waals surface area contributed by atoms with E-state index < -0.39 is 41.8 Å². The molecule has 0 aliphatic heterocycles. The average molecular weight is 591 g/mol. The summed E-state index contributed by atoms with van der Waals surface area (Å²) in [7, 11) is 1.16. The van der Waals surface area contributed by atoms with Gasteiger partial charge in [-0.1, -0.05) is 56.0 Å². The van der Waals surface area contributed by atoms with E-state index in [2.05, 4.69) is 10.6 Å². The van der Waals surface area contributed by atoms with Gasteiger partial charge in [-0.2, -0.15) is 0 Å². The van der Waals surface area contributed by atoms with Gasteiger partial charge in [0.25, 0.3) is 0 Å². The number of carboxylic acid groups (broad SMARTS) is 1. The Hall–Kier alpha value is -4.20. The van der Waals surface area contributed by atoms with Gasteiger partial charge in [0.05, 0.1) is 19.6 Å². The van der Waals surface area contributed by atoms with Gasteiger partial charge in [-0.15, -0.1) is 0 Å². The Morgan fingerprint density at radius 3 is 2.02 bits per heavy atom. The summed E-state index contributed by atoms with van der Waals surface area (Å²) in [6.07, 6.45) is 3.97. The van der Waals surface area contributed by atoms with E-state index in [0.29, 0.717) is 24.9 Å². The number of unbranched alkanes of at least 4 members (excludes halogenated alkanes) is 5. The minimum Gasteiger partial charge on any atom is -0.481 e. The molecule has 14 nitrogen and oxygen atoms in total. The lowest BCUT2D eigenvalue weighted by molar-refractivity contribution is -0.170. The van der Waals surface area contributed by atoms with Gasteiger partial charge in [0.15, 0.2) is 17.5 Å². The number of aliphatic carboxylic acids is 1. The molecule has 0 aliphatic carbocycles. The zero-order valence-corrected chi connectivity index (χ0v) is 24.3. The zero-order chi connectivity index (χ0) is 31.5. The lowest BCUT2D eigenvalue weighted by atomic mass is 9.83. The number of imide groups is 1. The second-order valence-corrected chi connectivity index (χ2v) is 10.1. The van der Waals surface area contributed by atoms with Crippen molar-refractivity contribution in [3.05, 3.63) is 35.9 Å². The largest absolute Gasteiger partial charge is 0.481 e. The van der Waals surface area contributed by atoms with Crippen LogP contribution in [-0.4, -0.2) is 77.5 Å². The molecule has 0 spiro atoms. The van der Waals surface area contributed by atoms with Crippen molar-refractivity contribution >= 4 is 35.7 Å². The molecule has 11 N–H and O–H groups in total. The Balaban J connectivity index is 3.27. The number of rotatable bonds is 20. The van der Waals surface area contributed by atoms with Crippen molar-refractivity contribution in [3.8, 4) is 0 Å². The van der Waals surface area contributed by atoms with Crippen LogP contribution >= 0.6 is 0 Å². The highest BCUT2D eigenvalue weighted by Crippen LogP contribution is 2.31. The lowest BCUT2D eigenvalue weighted by Gasteiger charge is -2.41. The van der Waals surface area contributed by atoms with Crippen LogP contribution in [0.3, 0.4) is 0 Å². The summed E-state index contributed by atoms with van der Waals surface area (Å²) in [5, 5.41) is 29.3. The number of carbonyl (C=O) groups excluding carboxylic acids is 3. The predicted octanol–water partition coefficient (Wildman–Crippen LogP) is 0.775. The molecule has 14 heteroatoms. The number of nitrogens with one attached hydrogen (secondary N) is 4. The van der Waals surface area contributed by atoms with Gasteiger partial charge >= 0.3 is 11.9 Å². The van der Waals surface area contributed by atoms with Crippen molar-refractivity contribution in [2.75, 3.05) is 20.2 Å². The molecule has 42 heavy (non-hydrogen) atoms. The van der Waals surface area contributed by atoms with Crippen LogP contribution in [0.15, 0.2) is 30.3 Å². The van der Waals surface area contributed by atoms with Crippen LogP contribution in [0.1, 0.15) is 69.8 Å². The minimum absolute atomic E-state index is 0.0413. The fraction of sp³-hybridized carbons (Fsp3) is 0.571. The molecule has 1 aromatic carbocycles. The highest BCUT2D eigenvalue weighted by Gasteiger charge is 2.51. The number of carbonyl (C=O) groups is 4. The van der Waals surface area contributed by atoms with Gasteiger partial charge in [0.1, 0.15) is 0 Å². The summed E-state index contributed by atoms with van der Waals surface area (Å²) in [5.74, 6) is -4.12. The SMILES string of the molecule is COC(=O)[C@@](CCCNC(=N)N)(Cc1ccccc1)N(C(=O)CCCCCCCCNC(=N)N)C(=O)[C@@H](N)CC(=O)O. The summed E-state index contributed by atoms with van der Waals surface area (Å²) in [6, 6.07) is 7.25. The normalized spacial score (nSPS) is 12.8. The maximum atomic E-state index is 13.8. The molecule has 0 heterocycles. The monoisotopic (exact) mass is 590 g/mol. The third-order valence-corrected chi connectivity index (χ3v) is 6.73. The van der Waals surface area contributed by atoms with E-state index in [1.807, 2.05) is 0 Å². The molecule has 2 atom stereocenters. The number of carboxylic acids is 1. The molecule has 0 saturated heterocycles. The molecule has 0 bridgehead atoms. The molecule has 0 fully saturated rings. The first-order valence-electron chi connectivity index (χ1n) is 14.1. The van der Waals surface area contributed by atoms with Gasteiger partial charge in [-0.25, -0.2) is 4.79 Å². The highest BCUT2D eigenvalue weighted by atomic mass is 16.5. The topological polar surface area (TPSA) is 251 Å². The number of esters is 1. The standard InChI is InChI=1S/C28H46N8O6/c1-42-25(41)28(15-11-17-35-27(32)33,19-20-12-7-6-8-13-20)36(24(40)21(29)18-23(38)39)22(37)14-9-4-2-3-5-10-16-34-26(30)31/h6-8,12-13,21H,2-5,9-11,14-19,29H2,1H3,(H,38,39)(H4,30,31,34)(H4,32,33,35)/t21-,28+/m0/s1. The van der Waals surface area contributed by atoms with Gasteiger partial charge in [0.2, 0.25) is 11.8 Å². The van der Waals surface area contributed by atoms with E-state index in [1.165, 1.54) is 0 Å². The van der Waals surface area contributed by atoms with Crippen LogP contribution < -0.4 is 27.8 Å². The number of amides is 2. The number of ether oxygens (including phenoxy) is 1. The minimum atomic E-state index is -1.82. The molecule has 2 amide bonds. The fourth-order valence-corrected chi connectivity index (χ4v) is 4.73. The molecule has 0 aliphatic rings. The van der Waals surface area contributed by atoms with Crippen LogP contribution in [0.5, 0.6) is 0 Å². The van der Waals surface area contributed by atoms with Crippen LogP contribution in [-0.2, 0) is 30.3 Å². The number of nitrogens with two attached hydrogens (primary N) is 3. The van der Waals surface area contributed by atoms with Crippen LogP contribution in [0.2, 0.25) is 0 Å². The first kappa shape index (κ1) is 35.8. The van der Waals surface area contributed by atoms with Gasteiger partial charge < -0.3 is 37.7 Å². The fourth-order valence-electron chi connectivity index (χ4n) is 4.73. The number of methoxy groups -OCH3 is 1. The zero-order valence-electron chi connectivity index (χ0n) is 24.3. The summed E-state index contributed by atoms with van der Waals surface area (Å²) < 4.78 is 5.16. The Bertz CT molecular complexity index is 1050. The third kappa shape index (κ3) is 12.5. The molecular weight excluding hydrogens is 544 g/mol. The summed E-state index contributed by atoms with van der Waals surface area (Å²) >= 11 is 0. The van der Waals surface area contributed by atoms with E-state index in [1.54, 1.807) is 30.3 Å². The molecule has 0 saturated carbocycles. The van der Waals surface area contributed by atoms with Crippen molar-refractivity contribution in [1.29, 1.82) is 10.8 Å². The predicted molar refractivity (Wildman–Crippen MR) is 158 cm³/mol. The summed E-state index contributed by atoms with van der Waals surface area (Å²) in [5.41, 5.74) is 15.5. The van der Waals surface area contributed by atoms with Gasteiger partial charge in [-0.3, -0.25) is 30.1 Å². The maximum absolute atomic E-state index is 13.8. The van der Waals surface area contributed by atoms with E-state index in [0.717, 1.165) is 37.7 Å². The van der Waals surface area contributed by atoms with E-state index in [-0.39, 0.29) is 44.1 Å². The van der Waals surface area contributed by atoms with Crippen LogP contribution in [0, 0.1) is 10.8 Å². The molecule has 0 unspecified atom stereocenters. The average Bonchev–Trinajstić information content (AvgIpc) is 2.93. The smallest absolute Gasteiger partial charge is 0.332 e. The molecular formula is C28H46N8O6. The van der Waals surface area contributed by atoms with E-state index in [4.69, 9.17) is 32.8 Å². The van der Waals surface area contributed by atoms with Crippen molar-refractivity contribution in [2.24, 2.45) is 17.2 Å². The first-order valence-corrected chi connectivity index (χ1v) is 14.1. The van der Waals surface area contributed by atoms with Crippen molar-refractivity contribution in [1.82, 2.24) is 15.5 Å². The summed E-state index contributed by atoms with van der Waals surface area (Å²) in [6.45, 7) is 0.794. The van der Waals surface area contributed by atoms with E-state index in [9.17, 15) is 24.3 Å². The summed E-state index contributed by atoms with van der Waals surface area (Å²) in [4.78, 5) is 53.3. The van der Waals surface area contributed by atoms with Crippen LogP contribution in [0.4, 0.5) is 0 Å². The quantitative estimate of drug-likeness (QED) is 0.0455. The van der Waals surface area contributed by atoms with Crippen molar-refractivity contribution < 1.29 is 29.0 Å². The third-order valence-electron chi connectivity index (χ3n) is 6.73. The van der Waals surface area contributed by atoms with Crippen molar-refractivity contribution in [3.63, 3.8) is 0 Å².